The van der Waals surface area contributed by atoms with Crippen molar-refractivity contribution < 1.29 is 19.7 Å². The van der Waals surface area contributed by atoms with E-state index in [1.165, 1.54) is 5.56 Å². The number of hydrogen-bond acceptors (Lipinski definition) is 6. The van der Waals surface area contributed by atoms with E-state index in [4.69, 9.17) is 9.47 Å². The van der Waals surface area contributed by atoms with Crippen molar-refractivity contribution in [3.8, 4) is 23.0 Å². The van der Waals surface area contributed by atoms with Gasteiger partial charge in [-0.2, -0.15) is 0 Å². The van der Waals surface area contributed by atoms with Crippen molar-refractivity contribution in [3.05, 3.63) is 83.4 Å². The summed E-state index contributed by atoms with van der Waals surface area (Å²) in [6.07, 6.45) is 0.986. The maximum atomic E-state index is 10.7. The molecule has 3 aromatic carbocycles. The van der Waals surface area contributed by atoms with Crippen LogP contribution in [0, 0.1) is 0 Å². The topological polar surface area (TPSA) is 65.4 Å². The fourth-order valence-electron chi connectivity index (χ4n) is 4.49. The molecule has 1 saturated heterocycles. The second kappa shape index (κ2) is 9.94. The summed E-state index contributed by atoms with van der Waals surface area (Å²) in [6.45, 7) is 2.97. The van der Waals surface area contributed by atoms with Gasteiger partial charge < -0.3 is 19.7 Å². The van der Waals surface area contributed by atoms with E-state index in [2.05, 4.69) is 21.9 Å². The van der Waals surface area contributed by atoms with Crippen molar-refractivity contribution in [1.82, 2.24) is 9.80 Å². The van der Waals surface area contributed by atoms with Crippen LogP contribution in [-0.4, -0.2) is 47.3 Å². The minimum atomic E-state index is 0.00107. The van der Waals surface area contributed by atoms with Gasteiger partial charge in [-0.3, -0.25) is 9.80 Å². The Bertz CT molecular complexity index is 978. The molecule has 1 fully saturated rings. The van der Waals surface area contributed by atoms with Gasteiger partial charge in [0.1, 0.15) is 0 Å². The third kappa shape index (κ3) is 4.52. The van der Waals surface area contributed by atoms with Gasteiger partial charge in [0, 0.05) is 37.3 Å². The highest BCUT2D eigenvalue weighted by atomic mass is 16.5. The zero-order valence-electron chi connectivity index (χ0n) is 18.6. The van der Waals surface area contributed by atoms with E-state index in [-0.39, 0.29) is 17.7 Å². The summed E-state index contributed by atoms with van der Waals surface area (Å²) >= 11 is 0. The van der Waals surface area contributed by atoms with Gasteiger partial charge >= 0.3 is 0 Å². The second-order valence-corrected chi connectivity index (χ2v) is 8.01. The number of ether oxygens (including phenoxy) is 2. The van der Waals surface area contributed by atoms with Crippen LogP contribution in [0.5, 0.6) is 23.0 Å². The minimum absolute atomic E-state index is 0.00107. The van der Waals surface area contributed by atoms with Crippen molar-refractivity contribution in [2.75, 3.05) is 27.3 Å². The summed E-state index contributed by atoms with van der Waals surface area (Å²) in [6, 6.07) is 21.6. The Morgan fingerprint density at radius 3 is 1.69 bits per heavy atom. The molecular weight excluding hydrogens is 404 g/mol. The number of rotatable bonds is 7. The number of phenolic OH excluding ortho intramolecular Hbond substituents is 2. The Morgan fingerprint density at radius 2 is 1.22 bits per heavy atom. The number of nitrogens with zero attached hydrogens (tertiary/aromatic N) is 2. The fourth-order valence-corrected chi connectivity index (χ4v) is 4.49. The molecule has 0 saturated carbocycles. The van der Waals surface area contributed by atoms with Crippen molar-refractivity contribution in [2.24, 2.45) is 0 Å². The van der Waals surface area contributed by atoms with Crippen LogP contribution in [0.4, 0.5) is 0 Å². The fraction of sp³-hybridized carbons (Fsp3) is 0.308. The molecule has 1 aliphatic rings. The van der Waals surface area contributed by atoms with Crippen LogP contribution >= 0.6 is 0 Å². The maximum Gasteiger partial charge on any atom is 0.162 e. The van der Waals surface area contributed by atoms with E-state index in [0.29, 0.717) is 24.6 Å². The first kappa shape index (κ1) is 22.0. The largest absolute Gasteiger partial charge is 0.504 e. The van der Waals surface area contributed by atoms with E-state index < -0.39 is 0 Å². The highest BCUT2D eigenvalue weighted by Gasteiger charge is 2.32. The highest BCUT2D eigenvalue weighted by Crippen LogP contribution is 2.37. The number of hydrogen-bond donors (Lipinski definition) is 2. The lowest BCUT2D eigenvalue weighted by Crippen LogP contribution is -2.46. The predicted octanol–water partition coefficient (Wildman–Crippen LogP) is 4.52. The third-order valence-corrected chi connectivity index (χ3v) is 6.03. The number of para-hydroxylation sites is 2. The molecule has 0 aliphatic carbocycles. The molecule has 0 atom stereocenters. The van der Waals surface area contributed by atoms with E-state index in [9.17, 15) is 10.2 Å². The standard InChI is InChI=1S/C26H30N2O4/c1-31-22-13-6-11-20(24(22)29)17-27-15-8-16-28(26(27)19-9-4-3-5-10-19)18-21-12-7-14-23(32-2)25(21)30/h3-7,9-14,26,29-30H,8,15-18H2,1-2H3. The first-order valence-corrected chi connectivity index (χ1v) is 10.8. The molecule has 0 bridgehead atoms. The predicted molar refractivity (Wildman–Crippen MR) is 124 cm³/mol. The molecule has 4 rings (SSSR count). The van der Waals surface area contributed by atoms with Crippen molar-refractivity contribution in [1.29, 1.82) is 0 Å². The Labute approximate surface area is 189 Å². The zero-order valence-corrected chi connectivity index (χ0v) is 18.6. The van der Waals surface area contributed by atoms with Crippen LogP contribution in [0.2, 0.25) is 0 Å². The first-order chi connectivity index (χ1) is 15.6. The summed E-state index contributed by atoms with van der Waals surface area (Å²) in [4.78, 5) is 4.73. The lowest BCUT2D eigenvalue weighted by atomic mass is 10.0. The van der Waals surface area contributed by atoms with Crippen LogP contribution in [-0.2, 0) is 13.1 Å². The maximum absolute atomic E-state index is 10.7. The molecule has 6 heteroatoms. The molecule has 3 aromatic rings. The molecular formula is C26H30N2O4. The summed E-state index contributed by atoms with van der Waals surface area (Å²) < 4.78 is 10.6. The third-order valence-electron chi connectivity index (χ3n) is 6.03. The zero-order chi connectivity index (χ0) is 22.5. The normalized spacial score (nSPS) is 15.6. The Balaban J connectivity index is 1.67. The molecule has 0 radical (unpaired) electrons. The first-order valence-electron chi connectivity index (χ1n) is 10.8. The average molecular weight is 435 g/mol. The summed E-state index contributed by atoms with van der Waals surface area (Å²) in [5.74, 6) is 1.33. The lowest BCUT2D eigenvalue weighted by Gasteiger charge is -2.44. The van der Waals surface area contributed by atoms with Gasteiger partial charge in [-0.1, -0.05) is 54.6 Å². The minimum Gasteiger partial charge on any atom is -0.504 e. The van der Waals surface area contributed by atoms with E-state index in [1.807, 2.05) is 42.5 Å². The van der Waals surface area contributed by atoms with Gasteiger partial charge in [0.15, 0.2) is 23.0 Å². The highest BCUT2D eigenvalue weighted by molar-refractivity contribution is 5.46. The number of phenols is 2. The molecule has 0 amide bonds. The Hall–Kier alpha value is -3.22. The molecule has 2 N–H and O–H groups in total. The number of benzene rings is 3. The van der Waals surface area contributed by atoms with Gasteiger partial charge in [-0.05, 0) is 24.1 Å². The average Bonchev–Trinajstić information content (AvgIpc) is 2.82. The van der Waals surface area contributed by atoms with Gasteiger partial charge in [0.25, 0.3) is 0 Å². The SMILES string of the molecule is COc1cccc(CN2CCCN(Cc3cccc(OC)c3O)C2c2ccccc2)c1O. The van der Waals surface area contributed by atoms with Crippen LogP contribution in [0.3, 0.4) is 0 Å². The lowest BCUT2D eigenvalue weighted by molar-refractivity contribution is -0.00985. The van der Waals surface area contributed by atoms with Crippen LogP contribution in [0.25, 0.3) is 0 Å². The molecule has 32 heavy (non-hydrogen) atoms. The second-order valence-electron chi connectivity index (χ2n) is 8.01. The van der Waals surface area contributed by atoms with Gasteiger partial charge in [-0.15, -0.1) is 0 Å². The summed E-state index contributed by atoms with van der Waals surface area (Å²) in [7, 11) is 3.13. The Morgan fingerprint density at radius 1 is 0.719 bits per heavy atom. The van der Waals surface area contributed by atoms with Crippen molar-refractivity contribution >= 4 is 0 Å². The van der Waals surface area contributed by atoms with Gasteiger partial charge in [-0.25, -0.2) is 0 Å². The molecule has 0 aromatic heterocycles. The number of methoxy groups -OCH3 is 2. The van der Waals surface area contributed by atoms with Crippen LogP contribution in [0.1, 0.15) is 29.3 Å². The molecule has 1 aliphatic heterocycles. The van der Waals surface area contributed by atoms with Crippen molar-refractivity contribution in [2.45, 2.75) is 25.7 Å². The van der Waals surface area contributed by atoms with E-state index in [0.717, 1.165) is 30.6 Å². The quantitative estimate of drug-likeness (QED) is 0.570. The van der Waals surface area contributed by atoms with Crippen LogP contribution < -0.4 is 9.47 Å². The molecule has 0 spiro atoms. The van der Waals surface area contributed by atoms with Gasteiger partial charge in [0.2, 0.25) is 0 Å². The smallest absolute Gasteiger partial charge is 0.162 e. The summed E-state index contributed by atoms with van der Waals surface area (Å²) in [5.41, 5.74) is 2.84. The molecule has 1 heterocycles. The van der Waals surface area contributed by atoms with Crippen molar-refractivity contribution in [3.63, 3.8) is 0 Å². The molecule has 168 valence electrons. The molecule has 0 unspecified atom stereocenters. The molecule has 6 nitrogen and oxygen atoms in total. The number of aromatic hydroxyl groups is 2. The monoisotopic (exact) mass is 434 g/mol. The Kier molecular flexibility index (Phi) is 6.83. The van der Waals surface area contributed by atoms with E-state index in [1.54, 1.807) is 26.4 Å². The summed E-state index contributed by atoms with van der Waals surface area (Å²) in [5, 5.41) is 21.3. The van der Waals surface area contributed by atoms with Crippen LogP contribution in [0.15, 0.2) is 66.7 Å². The van der Waals surface area contributed by atoms with E-state index >= 15 is 0 Å². The van der Waals surface area contributed by atoms with Gasteiger partial charge in [0.05, 0.1) is 20.4 Å².